The zero-order chi connectivity index (χ0) is 23.3. The Morgan fingerprint density at radius 3 is 2.67 bits per heavy atom. The molecule has 0 amide bonds. The first kappa shape index (κ1) is 21.0. The van der Waals surface area contributed by atoms with Gasteiger partial charge in [0.25, 0.3) is 5.69 Å². The van der Waals surface area contributed by atoms with Gasteiger partial charge in [-0.1, -0.05) is 12.1 Å². The Hall–Kier alpha value is -3.85. The maximum Gasteiger partial charge on any atom is 0.274 e. The molecule has 168 valence electrons. The predicted molar refractivity (Wildman–Crippen MR) is 120 cm³/mol. The normalized spacial score (nSPS) is 15.9. The van der Waals surface area contributed by atoms with Gasteiger partial charge in [-0.15, -0.1) is 0 Å². The molecule has 5 rings (SSSR count). The molecule has 0 fully saturated rings. The van der Waals surface area contributed by atoms with E-state index in [0.29, 0.717) is 34.3 Å². The lowest BCUT2D eigenvalue weighted by atomic mass is 9.93. The van der Waals surface area contributed by atoms with Gasteiger partial charge in [-0.05, 0) is 61.4 Å². The number of hydrogen-bond donors (Lipinski definition) is 1. The molecule has 1 N–H and O–H groups in total. The fourth-order valence-corrected chi connectivity index (χ4v) is 4.42. The molecule has 0 saturated carbocycles. The van der Waals surface area contributed by atoms with E-state index in [-0.39, 0.29) is 18.0 Å². The lowest BCUT2D eigenvalue weighted by molar-refractivity contribution is -0.385. The summed E-state index contributed by atoms with van der Waals surface area (Å²) in [7, 11) is 0. The van der Waals surface area contributed by atoms with Crippen LogP contribution >= 0.6 is 0 Å². The highest BCUT2D eigenvalue weighted by Gasteiger charge is 2.42. The van der Waals surface area contributed by atoms with Gasteiger partial charge in [0.05, 0.1) is 27.9 Å². The summed E-state index contributed by atoms with van der Waals surface area (Å²) >= 11 is 0. The fraction of sp³-hybridized carbons (Fsp3) is 0.208. The Labute approximate surface area is 187 Å². The van der Waals surface area contributed by atoms with Crippen molar-refractivity contribution < 1.29 is 18.8 Å². The number of aliphatic hydroxyl groups is 1. The SMILES string of the molecule is CC(O)(c1ccc2c(cnn2-c2ccc(F)cc2)c1)C(F)N1CCc2c1cccc2[N+](=O)[O-]. The van der Waals surface area contributed by atoms with Gasteiger partial charge in [-0.3, -0.25) is 10.1 Å². The number of alkyl halides is 1. The molecule has 9 heteroatoms. The summed E-state index contributed by atoms with van der Waals surface area (Å²) in [6, 6.07) is 15.5. The molecule has 3 aromatic carbocycles. The summed E-state index contributed by atoms with van der Waals surface area (Å²) in [5.41, 5.74) is 0.692. The van der Waals surface area contributed by atoms with Gasteiger partial charge in [0.15, 0.2) is 0 Å². The summed E-state index contributed by atoms with van der Waals surface area (Å²) in [5.74, 6) is -0.351. The van der Waals surface area contributed by atoms with E-state index < -0.39 is 16.8 Å². The molecule has 0 spiro atoms. The molecule has 0 bridgehead atoms. The van der Waals surface area contributed by atoms with Crippen LogP contribution in [0.3, 0.4) is 0 Å². The Morgan fingerprint density at radius 1 is 1.18 bits per heavy atom. The molecule has 4 aromatic rings. The largest absolute Gasteiger partial charge is 0.380 e. The topological polar surface area (TPSA) is 84.4 Å². The summed E-state index contributed by atoms with van der Waals surface area (Å²) in [5, 5.41) is 27.6. The van der Waals surface area contributed by atoms with E-state index in [1.165, 1.54) is 36.1 Å². The van der Waals surface area contributed by atoms with Crippen molar-refractivity contribution >= 4 is 22.3 Å². The Balaban J connectivity index is 1.48. The molecule has 2 atom stereocenters. The van der Waals surface area contributed by atoms with Gasteiger partial charge >= 0.3 is 0 Å². The van der Waals surface area contributed by atoms with Gasteiger partial charge in [0.2, 0.25) is 6.30 Å². The van der Waals surface area contributed by atoms with Crippen LogP contribution < -0.4 is 4.90 Å². The number of nitro groups is 1. The monoisotopic (exact) mass is 450 g/mol. The highest BCUT2D eigenvalue weighted by atomic mass is 19.1. The van der Waals surface area contributed by atoms with Gasteiger partial charge in [0, 0.05) is 23.7 Å². The lowest BCUT2D eigenvalue weighted by Crippen LogP contribution is -2.46. The van der Waals surface area contributed by atoms with Crippen LogP contribution in [-0.4, -0.2) is 32.7 Å². The second kappa shape index (κ2) is 7.63. The van der Waals surface area contributed by atoms with Crippen molar-refractivity contribution in [1.82, 2.24) is 9.78 Å². The van der Waals surface area contributed by atoms with Gasteiger partial charge in [0.1, 0.15) is 11.4 Å². The number of nitrogens with zero attached hydrogens (tertiary/aromatic N) is 4. The van der Waals surface area contributed by atoms with Crippen molar-refractivity contribution in [1.29, 1.82) is 0 Å². The van der Waals surface area contributed by atoms with Gasteiger partial charge in [-0.25, -0.2) is 13.5 Å². The van der Waals surface area contributed by atoms with Crippen LogP contribution in [0.4, 0.5) is 20.2 Å². The molecular formula is C24H20F2N4O3. The van der Waals surface area contributed by atoms with Crippen molar-refractivity contribution in [3.63, 3.8) is 0 Å². The first-order valence-electron chi connectivity index (χ1n) is 10.4. The zero-order valence-corrected chi connectivity index (χ0v) is 17.7. The summed E-state index contributed by atoms with van der Waals surface area (Å²) in [4.78, 5) is 12.2. The molecule has 33 heavy (non-hydrogen) atoms. The minimum absolute atomic E-state index is 0.0449. The first-order valence-corrected chi connectivity index (χ1v) is 10.4. The van der Waals surface area contributed by atoms with E-state index in [1.54, 1.807) is 47.3 Å². The highest BCUT2D eigenvalue weighted by molar-refractivity contribution is 5.81. The van der Waals surface area contributed by atoms with Crippen LogP contribution in [0.15, 0.2) is 66.9 Å². The molecule has 1 aliphatic heterocycles. The van der Waals surface area contributed by atoms with Crippen LogP contribution in [0.2, 0.25) is 0 Å². The molecule has 1 aliphatic rings. The minimum atomic E-state index is -1.89. The number of nitro benzene ring substituents is 1. The third-order valence-corrected chi connectivity index (χ3v) is 6.20. The van der Waals surface area contributed by atoms with E-state index in [4.69, 9.17) is 0 Å². The quantitative estimate of drug-likeness (QED) is 0.272. The molecule has 0 radical (unpaired) electrons. The van der Waals surface area contributed by atoms with Crippen molar-refractivity contribution in [2.45, 2.75) is 25.2 Å². The smallest absolute Gasteiger partial charge is 0.274 e. The van der Waals surface area contributed by atoms with Crippen molar-refractivity contribution in [2.75, 3.05) is 11.4 Å². The summed E-state index contributed by atoms with van der Waals surface area (Å²) < 4.78 is 30.6. The maximum absolute atomic E-state index is 15.7. The molecule has 7 nitrogen and oxygen atoms in total. The Morgan fingerprint density at radius 2 is 1.94 bits per heavy atom. The van der Waals surface area contributed by atoms with E-state index in [2.05, 4.69) is 5.10 Å². The number of fused-ring (bicyclic) bond motifs is 2. The number of rotatable bonds is 5. The average Bonchev–Trinajstić information content (AvgIpc) is 3.42. The minimum Gasteiger partial charge on any atom is -0.380 e. The Kier molecular flexibility index (Phi) is 4.86. The zero-order valence-electron chi connectivity index (χ0n) is 17.7. The van der Waals surface area contributed by atoms with Crippen LogP contribution in [0.1, 0.15) is 18.1 Å². The number of aromatic nitrogens is 2. The average molecular weight is 450 g/mol. The third-order valence-electron chi connectivity index (χ3n) is 6.20. The van der Waals surface area contributed by atoms with E-state index in [9.17, 15) is 19.6 Å². The van der Waals surface area contributed by atoms with E-state index in [1.807, 2.05) is 0 Å². The highest BCUT2D eigenvalue weighted by Crippen LogP contribution is 2.40. The fourth-order valence-electron chi connectivity index (χ4n) is 4.42. The Bertz CT molecular complexity index is 1370. The second-order valence-corrected chi connectivity index (χ2v) is 8.27. The maximum atomic E-state index is 15.7. The molecular weight excluding hydrogens is 430 g/mol. The summed E-state index contributed by atoms with van der Waals surface area (Å²) in [6.07, 6.45) is 0.0947. The van der Waals surface area contributed by atoms with E-state index in [0.717, 1.165) is 5.52 Å². The third kappa shape index (κ3) is 3.41. The molecule has 2 unspecified atom stereocenters. The van der Waals surface area contributed by atoms with Gasteiger partial charge in [-0.2, -0.15) is 5.10 Å². The van der Waals surface area contributed by atoms with Gasteiger partial charge < -0.3 is 10.0 Å². The van der Waals surface area contributed by atoms with Crippen LogP contribution in [0, 0.1) is 15.9 Å². The predicted octanol–water partition coefficient (Wildman–Crippen LogP) is 4.64. The van der Waals surface area contributed by atoms with Crippen LogP contribution in [0.5, 0.6) is 0 Å². The number of halogens is 2. The van der Waals surface area contributed by atoms with Crippen LogP contribution in [0.25, 0.3) is 16.6 Å². The molecule has 0 saturated heterocycles. The molecule has 0 aliphatic carbocycles. The molecule has 2 heterocycles. The van der Waals surface area contributed by atoms with Crippen molar-refractivity contribution in [3.05, 3.63) is 93.9 Å². The van der Waals surface area contributed by atoms with E-state index >= 15 is 4.39 Å². The first-order chi connectivity index (χ1) is 15.8. The summed E-state index contributed by atoms with van der Waals surface area (Å²) in [6.45, 7) is 1.61. The standard InChI is InChI=1S/C24H20F2N4O3/c1-24(31,23(26)28-12-11-19-21(28)3-2-4-22(19)30(32)33)16-5-10-20-15(13-16)14-27-29(20)18-8-6-17(25)7-9-18/h2-10,13-14,23,31H,11-12H2,1H3. The van der Waals surface area contributed by atoms with Crippen molar-refractivity contribution in [2.24, 2.45) is 0 Å². The number of benzene rings is 3. The lowest BCUT2D eigenvalue weighted by Gasteiger charge is -2.35. The number of hydrogen-bond acceptors (Lipinski definition) is 5. The molecule has 1 aromatic heterocycles. The number of anilines is 1. The second-order valence-electron chi connectivity index (χ2n) is 8.27. The van der Waals surface area contributed by atoms with Crippen molar-refractivity contribution in [3.8, 4) is 5.69 Å². The van der Waals surface area contributed by atoms with Crippen LogP contribution in [-0.2, 0) is 12.0 Å².